The molecule has 0 saturated heterocycles. The van der Waals surface area contributed by atoms with Gasteiger partial charge in [-0.2, -0.15) is 0 Å². The number of aryl methyl sites for hydroxylation is 2. The third-order valence-electron chi connectivity index (χ3n) is 4.06. The van der Waals surface area contributed by atoms with Crippen molar-refractivity contribution in [1.82, 2.24) is 4.98 Å². The first-order chi connectivity index (χ1) is 8.26. The molecule has 0 radical (unpaired) electrons. The fourth-order valence-electron chi connectivity index (χ4n) is 3.77. The lowest BCUT2D eigenvalue weighted by atomic mass is 9.65. The molecule has 2 unspecified atom stereocenters. The summed E-state index contributed by atoms with van der Waals surface area (Å²) in [5.41, 5.74) is 8.09. The molecular weight excluding hydrogens is 240 g/mol. The van der Waals surface area contributed by atoms with Crippen molar-refractivity contribution in [2.45, 2.75) is 65.8 Å². The molecule has 1 aliphatic rings. The average Bonchev–Trinajstić information content (AvgIpc) is 2.56. The van der Waals surface area contributed by atoms with Crippen molar-refractivity contribution >= 4 is 11.3 Å². The van der Waals surface area contributed by atoms with Crippen molar-refractivity contribution in [3.8, 4) is 0 Å². The zero-order valence-corrected chi connectivity index (χ0v) is 13.2. The van der Waals surface area contributed by atoms with Gasteiger partial charge < -0.3 is 5.73 Å². The Morgan fingerprint density at radius 1 is 1.39 bits per heavy atom. The largest absolute Gasteiger partial charge is 0.319 e. The van der Waals surface area contributed by atoms with Gasteiger partial charge in [0.25, 0.3) is 0 Å². The van der Waals surface area contributed by atoms with Gasteiger partial charge in [0.15, 0.2) is 0 Å². The molecule has 0 bridgehead atoms. The molecular formula is C15H26N2S. The number of nitrogens with two attached hydrogens (primary N) is 1. The van der Waals surface area contributed by atoms with E-state index in [0.717, 1.165) is 24.3 Å². The Morgan fingerprint density at radius 2 is 2.06 bits per heavy atom. The summed E-state index contributed by atoms with van der Waals surface area (Å²) in [6.07, 6.45) is 4.42. The number of rotatable bonds is 2. The molecule has 2 N–H and O–H groups in total. The van der Waals surface area contributed by atoms with Gasteiger partial charge in [0.2, 0.25) is 0 Å². The van der Waals surface area contributed by atoms with Crippen LogP contribution in [0.3, 0.4) is 0 Å². The van der Waals surface area contributed by atoms with Crippen LogP contribution in [-0.2, 0) is 12.0 Å². The number of hydrogen-bond donors (Lipinski definition) is 1. The smallest absolute Gasteiger partial charge is 0.113 e. The van der Waals surface area contributed by atoms with Gasteiger partial charge in [0, 0.05) is 4.88 Å². The van der Waals surface area contributed by atoms with E-state index in [4.69, 9.17) is 10.7 Å². The third kappa shape index (κ3) is 2.62. The van der Waals surface area contributed by atoms with Gasteiger partial charge in [0.05, 0.1) is 11.2 Å². The highest BCUT2D eigenvalue weighted by molar-refractivity contribution is 7.11. The molecule has 1 aliphatic carbocycles. The van der Waals surface area contributed by atoms with Crippen molar-refractivity contribution < 1.29 is 0 Å². The first-order valence-electron chi connectivity index (χ1n) is 7.01. The quantitative estimate of drug-likeness (QED) is 0.878. The van der Waals surface area contributed by atoms with Crippen molar-refractivity contribution in [1.29, 1.82) is 0 Å². The second kappa shape index (κ2) is 4.61. The number of nitrogens with zero attached hydrogens (tertiary/aromatic N) is 1. The Bertz CT molecular complexity index is 436. The van der Waals surface area contributed by atoms with Crippen LogP contribution in [0.25, 0.3) is 0 Å². The third-order valence-corrected chi connectivity index (χ3v) is 5.29. The maximum atomic E-state index is 6.73. The van der Waals surface area contributed by atoms with Crippen LogP contribution in [0, 0.1) is 18.3 Å². The van der Waals surface area contributed by atoms with Gasteiger partial charge in [-0.25, -0.2) is 4.98 Å². The maximum Gasteiger partial charge on any atom is 0.113 e. The van der Waals surface area contributed by atoms with Crippen LogP contribution in [0.5, 0.6) is 0 Å². The van der Waals surface area contributed by atoms with E-state index in [1.807, 2.05) is 11.3 Å². The Labute approximate surface area is 115 Å². The van der Waals surface area contributed by atoms with E-state index >= 15 is 0 Å². The van der Waals surface area contributed by atoms with E-state index in [-0.39, 0.29) is 5.54 Å². The van der Waals surface area contributed by atoms with Gasteiger partial charge in [-0.1, -0.05) is 27.7 Å². The Kier molecular flexibility index (Phi) is 3.58. The fraction of sp³-hybridized carbons (Fsp3) is 0.800. The lowest BCUT2D eigenvalue weighted by Crippen LogP contribution is -2.46. The first-order valence-corrected chi connectivity index (χ1v) is 7.83. The second-order valence-corrected chi connectivity index (χ2v) is 8.09. The normalized spacial score (nSPS) is 31.6. The Balaban J connectivity index is 2.34. The van der Waals surface area contributed by atoms with Gasteiger partial charge >= 0.3 is 0 Å². The molecule has 2 nitrogen and oxygen atoms in total. The minimum atomic E-state index is -0.204. The molecule has 2 rings (SSSR count). The van der Waals surface area contributed by atoms with Gasteiger partial charge in [-0.15, -0.1) is 11.3 Å². The highest BCUT2D eigenvalue weighted by atomic mass is 32.1. The number of hydrogen-bond acceptors (Lipinski definition) is 3. The summed E-state index contributed by atoms with van der Waals surface area (Å²) >= 11 is 1.81. The molecule has 0 amide bonds. The second-order valence-electron chi connectivity index (χ2n) is 6.89. The summed E-state index contributed by atoms with van der Waals surface area (Å²) in [6.45, 7) is 11.3. The van der Waals surface area contributed by atoms with Crippen molar-refractivity contribution in [3.05, 3.63) is 15.6 Å². The maximum absolute atomic E-state index is 6.73. The summed E-state index contributed by atoms with van der Waals surface area (Å²) in [6, 6.07) is 0. The lowest BCUT2D eigenvalue weighted by Gasteiger charge is -2.44. The molecule has 0 aliphatic heterocycles. The monoisotopic (exact) mass is 266 g/mol. The van der Waals surface area contributed by atoms with Crippen LogP contribution in [0.4, 0.5) is 0 Å². The molecule has 0 aromatic carbocycles. The lowest BCUT2D eigenvalue weighted by molar-refractivity contribution is 0.107. The van der Waals surface area contributed by atoms with E-state index in [9.17, 15) is 0 Å². The van der Waals surface area contributed by atoms with Crippen LogP contribution in [0.15, 0.2) is 0 Å². The Hall–Kier alpha value is -0.410. The topological polar surface area (TPSA) is 38.9 Å². The van der Waals surface area contributed by atoms with Crippen molar-refractivity contribution in [2.24, 2.45) is 17.1 Å². The SMILES string of the molecule is CCc1nc(C2(N)CC(C)CC(C)(C)C2)sc1C. The first kappa shape index (κ1) is 14.0. The molecule has 1 fully saturated rings. The molecule has 0 spiro atoms. The van der Waals surface area contributed by atoms with Gasteiger partial charge in [-0.05, 0) is 43.9 Å². The molecule has 3 heteroatoms. The summed E-state index contributed by atoms with van der Waals surface area (Å²) in [7, 11) is 0. The number of aromatic nitrogens is 1. The van der Waals surface area contributed by atoms with Crippen molar-refractivity contribution in [2.75, 3.05) is 0 Å². The predicted molar refractivity (Wildman–Crippen MR) is 78.9 cm³/mol. The van der Waals surface area contributed by atoms with Crippen molar-refractivity contribution in [3.63, 3.8) is 0 Å². The Morgan fingerprint density at radius 3 is 2.56 bits per heavy atom. The average molecular weight is 266 g/mol. The summed E-state index contributed by atoms with van der Waals surface area (Å²) in [5.74, 6) is 0.688. The molecule has 1 saturated carbocycles. The van der Waals surface area contributed by atoms with Gasteiger partial charge in [0.1, 0.15) is 5.01 Å². The van der Waals surface area contributed by atoms with Crippen LogP contribution in [0.2, 0.25) is 0 Å². The fourth-order valence-corrected chi connectivity index (χ4v) is 4.88. The van der Waals surface area contributed by atoms with E-state index in [1.165, 1.54) is 17.0 Å². The minimum absolute atomic E-state index is 0.204. The molecule has 1 aromatic rings. The zero-order chi connectivity index (χ0) is 13.6. The van der Waals surface area contributed by atoms with E-state index in [2.05, 4.69) is 34.6 Å². The summed E-state index contributed by atoms with van der Waals surface area (Å²) in [5, 5.41) is 1.16. The highest BCUT2D eigenvalue weighted by Gasteiger charge is 2.43. The molecule has 18 heavy (non-hydrogen) atoms. The van der Waals surface area contributed by atoms with E-state index in [1.54, 1.807) is 0 Å². The van der Waals surface area contributed by atoms with E-state index < -0.39 is 0 Å². The van der Waals surface area contributed by atoms with Crippen LogP contribution in [-0.4, -0.2) is 4.98 Å². The molecule has 1 aromatic heterocycles. The standard InChI is InChI=1S/C15H26N2S/c1-6-12-11(3)18-13(17-12)15(16)8-10(2)7-14(4,5)9-15/h10H,6-9,16H2,1-5H3. The predicted octanol–water partition coefficient (Wildman–Crippen LogP) is 4.01. The number of thiazole rings is 1. The molecule has 102 valence electrons. The zero-order valence-electron chi connectivity index (χ0n) is 12.3. The summed E-state index contributed by atoms with van der Waals surface area (Å²) < 4.78 is 0. The minimum Gasteiger partial charge on any atom is -0.319 e. The van der Waals surface area contributed by atoms with Crippen LogP contribution in [0.1, 0.15) is 62.5 Å². The summed E-state index contributed by atoms with van der Waals surface area (Å²) in [4.78, 5) is 6.16. The van der Waals surface area contributed by atoms with E-state index in [0.29, 0.717) is 11.3 Å². The molecule has 1 heterocycles. The van der Waals surface area contributed by atoms with Crippen LogP contribution < -0.4 is 5.73 Å². The van der Waals surface area contributed by atoms with Gasteiger partial charge in [-0.3, -0.25) is 0 Å². The van der Waals surface area contributed by atoms with Crippen LogP contribution >= 0.6 is 11.3 Å². The highest BCUT2D eigenvalue weighted by Crippen LogP contribution is 2.48. The molecule has 2 atom stereocenters.